The van der Waals surface area contributed by atoms with Gasteiger partial charge in [-0.2, -0.15) is 16.9 Å². The van der Waals surface area contributed by atoms with E-state index in [0.717, 1.165) is 11.6 Å². The van der Waals surface area contributed by atoms with Crippen molar-refractivity contribution in [1.29, 1.82) is 0 Å². The number of thioether (sulfide) groups is 2. The van der Waals surface area contributed by atoms with E-state index in [1.165, 1.54) is 5.75 Å². The third-order valence-corrected chi connectivity index (χ3v) is 5.23. The number of H-pyrrole nitrogens is 1. The summed E-state index contributed by atoms with van der Waals surface area (Å²) in [6.07, 6.45) is 0. The van der Waals surface area contributed by atoms with Crippen molar-refractivity contribution >= 4 is 23.5 Å². The minimum atomic E-state index is -0.0636. The molecule has 0 saturated carbocycles. The first-order valence-corrected chi connectivity index (χ1v) is 6.66. The van der Waals surface area contributed by atoms with E-state index in [-0.39, 0.29) is 6.61 Å². The van der Waals surface area contributed by atoms with E-state index in [1.54, 1.807) is 0 Å². The first kappa shape index (κ1) is 10.3. The zero-order valence-electron chi connectivity index (χ0n) is 7.93. The van der Waals surface area contributed by atoms with Gasteiger partial charge in [0, 0.05) is 16.8 Å². The fraction of sp³-hybridized carbons (Fsp3) is 0.750. The molecular weight excluding hydrogens is 218 g/mol. The molecule has 0 aliphatic carbocycles. The summed E-state index contributed by atoms with van der Waals surface area (Å²) in [6.45, 7) is 2.14. The Labute approximate surface area is 91.3 Å². The highest BCUT2D eigenvalue weighted by Gasteiger charge is 2.27. The van der Waals surface area contributed by atoms with Crippen molar-refractivity contribution in [2.45, 2.75) is 24.0 Å². The average Bonchev–Trinajstić information content (AvgIpc) is 2.67. The van der Waals surface area contributed by atoms with Crippen molar-refractivity contribution in [3.63, 3.8) is 0 Å². The number of hydrogen-bond acceptors (Lipinski definition) is 5. The van der Waals surface area contributed by atoms with E-state index in [4.69, 9.17) is 5.11 Å². The second-order valence-electron chi connectivity index (χ2n) is 3.17. The molecule has 1 aromatic rings. The van der Waals surface area contributed by atoms with Gasteiger partial charge in [-0.1, -0.05) is 6.92 Å². The molecule has 1 aliphatic heterocycles. The lowest BCUT2D eigenvalue weighted by Gasteiger charge is -2.25. The Bertz CT molecular complexity index is 305. The van der Waals surface area contributed by atoms with Crippen LogP contribution in [-0.2, 0) is 6.61 Å². The van der Waals surface area contributed by atoms with Gasteiger partial charge in [0.25, 0.3) is 0 Å². The van der Waals surface area contributed by atoms with Gasteiger partial charge < -0.3 is 5.11 Å². The van der Waals surface area contributed by atoms with Crippen LogP contribution >= 0.6 is 23.5 Å². The molecule has 1 fully saturated rings. The number of nitrogens with one attached hydrogen (secondary N) is 1. The third kappa shape index (κ3) is 2.07. The van der Waals surface area contributed by atoms with Gasteiger partial charge in [-0.05, 0) is 0 Å². The van der Waals surface area contributed by atoms with Gasteiger partial charge in [-0.3, -0.25) is 5.10 Å². The monoisotopic (exact) mass is 231 g/mol. The Balaban J connectivity index is 2.12. The molecule has 0 amide bonds. The molecule has 1 aliphatic rings. The zero-order chi connectivity index (χ0) is 9.97. The van der Waals surface area contributed by atoms with Crippen molar-refractivity contribution < 1.29 is 5.11 Å². The summed E-state index contributed by atoms with van der Waals surface area (Å²) in [5.74, 6) is 3.75. The molecule has 14 heavy (non-hydrogen) atoms. The Morgan fingerprint density at radius 3 is 2.93 bits per heavy atom. The summed E-state index contributed by atoms with van der Waals surface area (Å²) in [5.41, 5.74) is 0. The molecule has 78 valence electrons. The highest BCUT2D eigenvalue weighted by Crippen LogP contribution is 2.40. The van der Waals surface area contributed by atoms with Crippen LogP contribution in [-0.4, -0.2) is 37.0 Å². The second kappa shape index (κ2) is 4.55. The Morgan fingerprint density at radius 1 is 1.50 bits per heavy atom. The molecule has 4 nitrogen and oxygen atoms in total. The maximum atomic E-state index is 8.87. The standard InChI is InChI=1S/C8H13N3OS2/c1-5-7(14-3-2-13-5)8-9-6(4-12)10-11-8/h5,7,12H,2-4H2,1H3,(H,9,10,11). The number of nitrogens with zero attached hydrogens (tertiary/aromatic N) is 2. The summed E-state index contributed by atoms with van der Waals surface area (Å²) in [5, 5.41) is 16.7. The molecule has 0 spiro atoms. The molecule has 0 aromatic carbocycles. The summed E-state index contributed by atoms with van der Waals surface area (Å²) in [7, 11) is 0. The Morgan fingerprint density at radius 2 is 2.29 bits per heavy atom. The fourth-order valence-corrected chi connectivity index (χ4v) is 4.11. The molecule has 2 N–H and O–H groups in total. The Kier molecular flexibility index (Phi) is 3.35. The topological polar surface area (TPSA) is 61.8 Å². The number of rotatable bonds is 2. The van der Waals surface area contributed by atoms with Crippen molar-refractivity contribution in [2.24, 2.45) is 0 Å². The SMILES string of the molecule is CC1SCCSC1c1n[nH]c(CO)n1. The summed E-state index contributed by atoms with van der Waals surface area (Å²) < 4.78 is 0. The van der Waals surface area contributed by atoms with Gasteiger partial charge in [-0.15, -0.1) is 11.8 Å². The van der Waals surface area contributed by atoms with E-state index in [9.17, 15) is 0 Å². The van der Waals surface area contributed by atoms with Crippen LogP contribution in [0.5, 0.6) is 0 Å². The van der Waals surface area contributed by atoms with Crippen LogP contribution in [0.2, 0.25) is 0 Å². The van der Waals surface area contributed by atoms with Crippen LogP contribution in [0.1, 0.15) is 23.8 Å². The number of aromatic nitrogens is 3. The molecule has 0 bridgehead atoms. The largest absolute Gasteiger partial charge is 0.388 e. The van der Waals surface area contributed by atoms with Gasteiger partial charge in [0.2, 0.25) is 0 Å². The molecule has 0 radical (unpaired) electrons. The van der Waals surface area contributed by atoms with E-state index in [0.29, 0.717) is 16.3 Å². The van der Waals surface area contributed by atoms with Crippen LogP contribution in [0, 0.1) is 0 Å². The lowest BCUT2D eigenvalue weighted by Crippen LogP contribution is -2.16. The van der Waals surface area contributed by atoms with Crippen molar-refractivity contribution in [2.75, 3.05) is 11.5 Å². The number of hydrogen-bond donors (Lipinski definition) is 2. The first-order valence-electron chi connectivity index (χ1n) is 4.56. The second-order valence-corrected chi connectivity index (χ2v) is 5.90. The van der Waals surface area contributed by atoms with E-state index < -0.39 is 0 Å². The van der Waals surface area contributed by atoms with Crippen LogP contribution in [0.3, 0.4) is 0 Å². The molecule has 2 unspecified atom stereocenters. The smallest absolute Gasteiger partial charge is 0.164 e. The van der Waals surface area contributed by atoms with E-state index >= 15 is 0 Å². The van der Waals surface area contributed by atoms with Gasteiger partial charge >= 0.3 is 0 Å². The van der Waals surface area contributed by atoms with Crippen LogP contribution in [0.15, 0.2) is 0 Å². The Hall–Kier alpha value is -0.200. The van der Waals surface area contributed by atoms with Gasteiger partial charge in [0.1, 0.15) is 12.4 Å². The first-order chi connectivity index (χ1) is 6.81. The normalized spacial score (nSPS) is 27.9. The van der Waals surface area contributed by atoms with Crippen molar-refractivity contribution in [1.82, 2.24) is 15.2 Å². The average molecular weight is 231 g/mol. The molecular formula is C8H13N3OS2. The summed E-state index contributed by atoms with van der Waals surface area (Å²) in [4.78, 5) is 4.25. The molecule has 2 rings (SSSR count). The molecule has 1 saturated heterocycles. The van der Waals surface area contributed by atoms with Gasteiger partial charge in [0.15, 0.2) is 5.82 Å². The van der Waals surface area contributed by atoms with Crippen LogP contribution < -0.4 is 0 Å². The highest BCUT2D eigenvalue weighted by atomic mass is 32.2. The molecule has 2 heterocycles. The number of aliphatic hydroxyl groups excluding tert-OH is 1. The summed E-state index contributed by atoms with van der Waals surface area (Å²) >= 11 is 3.86. The predicted molar refractivity (Wildman–Crippen MR) is 59.4 cm³/mol. The minimum absolute atomic E-state index is 0.0636. The van der Waals surface area contributed by atoms with E-state index in [2.05, 4.69) is 22.1 Å². The highest BCUT2D eigenvalue weighted by molar-refractivity contribution is 8.06. The third-order valence-electron chi connectivity index (χ3n) is 2.14. The molecule has 6 heteroatoms. The maximum absolute atomic E-state index is 8.87. The predicted octanol–water partition coefficient (Wildman–Crippen LogP) is 1.21. The number of aromatic amines is 1. The lowest BCUT2D eigenvalue weighted by atomic mass is 10.3. The quantitative estimate of drug-likeness (QED) is 0.801. The minimum Gasteiger partial charge on any atom is -0.388 e. The van der Waals surface area contributed by atoms with Crippen LogP contribution in [0.25, 0.3) is 0 Å². The maximum Gasteiger partial charge on any atom is 0.164 e. The van der Waals surface area contributed by atoms with Crippen molar-refractivity contribution in [3.8, 4) is 0 Å². The summed E-state index contributed by atoms with van der Waals surface area (Å²) in [6, 6.07) is 0. The zero-order valence-corrected chi connectivity index (χ0v) is 9.57. The van der Waals surface area contributed by atoms with Gasteiger partial charge in [-0.25, -0.2) is 4.98 Å². The molecule has 1 aromatic heterocycles. The fourth-order valence-electron chi connectivity index (χ4n) is 1.42. The molecule has 2 atom stereocenters. The van der Waals surface area contributed by atoms with E-state index in [1.807, 2.05) is 23.5 Å². The van der Waals surface area contributed by atoms with Crippen molar-refractivity contribution in [3.05, 3.63) is 11.6 Å². The number of aliphatic hydroxyl groups is 1. The van der Waals surface area contributed by atoms with Crippen LogP contribution in [0.4, 0.5) is 0 Å². The lowest BCUT2D eigenvalue weighted by molar-refractivity contribution is 0.271. The van der Waals surface area contributed by atoms with Gasteiger partial charge in [0.05, 0.1) is 5.25 Å².